The highest BCUT2D eigenvalue weighted by Gasteiger charge is 2.04. The van der Waals surface area contributed by atoms with Crippen molar-refractivity contribution in [1.82, 2.24) is 9.97 Å². The number of ether oxygens (including phenoxy) is 1. The topological polar surface area (TPSA) is 47.0 Å². The largest absolute Gasteiger partial charge is 0.481 e. The molecule has 16 heavy (non-hydrogen) atoms. The van der Waals surface area contributed by atoms with Gasteiger partial charge in [0.1, 0.15) is 0 Å². The number of hydrogen-bond acceptors (Lipinski definition) is 5. The summed E-state index contributed by atoms with van der Waals surface area (Å²) in [5, 5.41) is 6.18. The first-order valence-corrected chi connectivity index (χ1v) is 5.81. The van der Waals surface area contributed by atoms with E-state index in [0.29, 0.717) is 12.4 Å². The van der Waals surface area contributed by atoms with E-state index in [1.54, 1.807) is 24.6 Å². The average molecular weight is 235 g/mol. The quantitative estimate of drug-likeness (QED) is 0.884. The number of nitrogens with one attached hydrogen (secondary N) is 1. The Morgan fingerprint density at radius 2 is 2.38 bits per heavy atom. The summed E-state index contributed by atoms with van der Waals surface area (Å²) in [5.41, 5.74) is 2.06. The van der Waals surface area contributed by atoms with Gasteiger partial charge in [0.15, 0.2) is 5.13 Å². The Kier molecular flexibility index (Phi) is 3.36. The van der Waals surface area contributed by atoms with Crippen molar-refractivity contribution in [3.8, 4) is 5.88 Å². The second-order valence-electron chi connectivity index (χ2n) is 3.32. The smallest absolute Gasteiger partial charge is 0.218 e. The molecule has 4 nitrogen and oxygen atoms in total. The van der Waals surface area contributed by atoms with Gasteiger partial charge in [-0.25, -0.2) is 9.97 Å². The van der Waals surface area contributed by atoms with Crippen LogP contribution in [0.5, 0.6) is 5.88 Å². The lowest BCUT2D eigenvalue weighted by atomic mass is 10.3. The van der Waals surface area contributed by atoms with Crippen molar-refractivity contribution < 1.29 is 4.74 Å². The van der Waals surface area contributed by atoms with Crippen molar-refractivity contribution in [2.75, 3.05) is 12.4 Å². The summed E-state index contributed by atoms with van der Waals surface area (Å²) in [6.07, 6.45) is 1.72. The van der Waals surface area contributed by atoms with E-state index in [4.69, 9.17) is 4.74 Å². The first kappa shape index (κ1) is 10.9. The van der Waals surface area contributed by atoms with E-state index in [1.807, 2.05) is 24.4 Å². The predicted octanol–water partition coefficient (Wildman–Crippen LogP) is 2.47. The molecule has 0 radical (unpaired) electrons. The van der Waals surface area contributed by atoms with Gasteiger partial charge in [-0.05, 0) is 13.0 Å². The number of pyridine rings is 1. The molecule has 0 saturated heterocycles. The lowest BCUT2D eigenvalue weighted by molar-refractivity contribution is 0.393. The minimum Gasteiger partial charge on any atom is -0.481 e. The summed E-state index contributed by atoms with van der Waals surface area (Å²) in [7, 11) is 1.62. The number of aromatic nitrogens is 2. The first-order chi connectivity index (χ1) is 7.79. The molecule has 0 saturated carbocycles. The van der Waals surface area contributed by atoms with E-state index in [2.05, 4.69) is 15.3 Å². The van der Waals surface area contributed by atoms with Crippen molar-refractivity contribution in [3.05, 3.63) is 35.0 Å². The number of thiazole rings is 1. The molecule has 0 atom stereocenters. The third-order valence-electron chi connectivity index (χ3n) is 2.09. The van der Waals surface area contributed by atoms with Crippen molar-refractivity contribution in [1.29, 1.82) is 0 Å². The maximum absolute atomic E-state index is 5.17. The van der Waals surface area contributed by atoms with Gasteiger partial charge < -0.3 is 10.1 Å². The molecule has 1 N–H and O–H groups in total. The van der Waals surface area contributed by atoms with Crippen LogP contribution in [-0.4, -0.2) is 17.1 Å². The van der Waals surface area contributed by atoms with Gasteiger partial charge in [0, 0.05) is 23.7 Å². The molecule has 0 fully saturated rings. The van der Waals surface area contributed by atoms with Gasteiger partial charge in [-0.1, -0.05) is 6.07 Å². The van der Waals surface area contributed by atoms with Crippen LogP contribution in [0.15, 0.2) is 23.7 Å². The Morgan fingerprint density at radius 3 is 3.06 bits per heavy atom. The fraction of sp³-hybridized carbons (Fsp3) is 0.273. The Bertz CT molecular complexity index is 470. The monoisotopic (exact) mass is 235 g/mol. The molecule has 0 aliphatic heterocycles. The highest BCUT2D eigenvalue weighted by atomic mass is 32.1. The third kappa shape index (κ3) is 2.49. The molecule has 2 aromatic heterocycles. The molecule has 0 aliphatic carbocycles. The van der Waals surface area contributed by atoms with Gasteiger partial charge in [0.05, 0.1) is 12.8 Å². The molecular weight excluding hydrogens is 222 g/mol. The number of aryl methyl sites for hydroxylation is 1. The summed E-state index contributed by atoms with van der Waals surface area (Å²) >= 11 is 1.60. The van der Waals surface area contributed by atoms with Gasteiger partial charge in [-0.3, -0.25) is 0 Å². The van der Waals surface area contributed by atoms with Crippen LogP contribution in [0.2, 0.25) is 0 Å². The fourth-order valence-electron chi connectivity index (χ4n) is 1.35. The van der Waals surface area contributed by atoms with Crippen LogP contribution in [0.25, 0.3) is 0 Å². The zero-order chi connectivity index (χ0) is 11.4. The van der Waals surface area contributed by atoms with Gasteiger partial charge in [0.2, 0.25) is 5.88 Å². The zero-order valence-electron chi connectivity index (χ0n) is 9.23. The molecule has 2 aromatic rings. The van der Waals surface area contributed by atoms with Crippen LogP contribution in [0, 0.1) is 6.92 Å². The zero-order valence-corrected chi connectivity index (χ0v) is 10.0. The van der Waals surface area contributed by atoms with Gasteiger partial charge in [-0.15, -0.1) is 11.3 Å². The maximum atomic E-state index is 5.17. The second kappa shape index (κ2) is 4.94. The number of anilines is 1. The molecule has 2 heterocycles. The van der Waals surface area contributed by atoms with Gasteiger partial charge in [-0.2, -0.15) is 0 Å². The van der Waals surface area contributed by atoms with E-state index in [9.17, 15) is 0 Å². The molecule has 0 unspecified atom stereocenters. The molecule has 2 rings (SSSR count). The van der Waals surface area contributed by atoms with Gasteiger partial charge >= 0.3 is 0 Å². The molecule has 0 aromatic carbocycles. The number of hydrogen-bond donors (Lipinski definition) is 1. The molecule has 0 amide bonds. The Balaban J connectivity index is 2.04. The summed E-state index contributed by atoms with van der Waals surface area (Å²) < 4.78 is 5.17. The number of rotatable bonds is 4. The van der Waals surface area contributed by atoms with Crippen molar-refractivity contribution >= 4 is 16.5 Å². The van der Waals surface area contributed by atoms with E-state index >= 15 is 0 Å². The van der Waals surface area contributed by atoms with E-state index < -0.39 is 0 Å². The van der Waals surface area contributed by atoms with Crippen LogP contribution in [0.4, 0.5) is 5.13 Å². The van der Waals surface area contributed by atoms with E-state index in [0.717, 1.165) is 16.4 Å². The Labute approximate surface area is 98.3 Å². The van der Waals surface area contributed by atoms with Crippen molar-refractivity contribution in [2.45, 2.75) is 13.5 Å². The van der Waals surface area contributed by atoms with Gasteiger partial charge in [0.25, 0.3) is 0 Å². The Hall–Kier alpha value is -1.62. The minimum absolute atomic E-state index is 0.656. The summed E-state index contributed by atoms with van der Waals surface area (Å²) in [5.74, 6) is 0.656. The Morgan fingerprint density at radius 1 is 1.50 bits per heavy atom. The van der Waals surface area contributed by atoms with E-state index in [-0.39, 0.29) is 0 Å². The lowest BCUT2D eigenvalue weighted by Crippen LogP contribution is -2.02. The minimum atomic E-state index is 0.656. The van der Waals surface area contributed by atoms with Crippen molar-refractivity contribution in [3.63, 3.8) is 0 Å². The lowest BCUT2D eigenvalue weighted by Gasteiger charge is -2.06. The summed E-state index contributed by atoms with van der Waals surface area (Å²) in [6, 6.07) is 3.88. The molecule has 0 spiro atoms. The maximum Gasteiger partial charge on any atom is 0.218 e. The second-order valence-corrected chi connectivity index (χ2v) is 4.18. The number of methoxy groups -OCH3 is 1. The highest BCUT2D eigenvalue weighted by molar-refractivity contribution is 7.13. The van der Waals surface area contributed by atoms with E-state index in [1.165, 1.54) is 0 Å². The predicted molar refractivity (Wildman–Crippen MR) is 65.0 cm³/mol. The average Bonchev–Trinajstić information content (AvgIpc) is 2.73. The molecule has 0 bridgehead atoms. The highest BCUT2D eigenvalue weighted by Crippen LogP contribution is 2.18. The van der Waals surface area contributed by atoms with Crippen LogP contribution in [-0.2, 0) is 6.54 Å². The van der Waals surface area contributed by atoms with Crippen LogP contribution in [0.3, 0.4) is 0 Å². The molecule has 84 valence electrons. The SMILES string of the molecule is COc1ncccc1CNc1nc(C)cs1. The van der Waals surface area contributed by atoms with Crippen LogP contribution < -0.4 is 10.1 Å². The normalized spacial score (nSPS) is 10.1. The van der Waals surface area contributed by atoms with Crippen LogP contribution in [0.1, 0.15) is 11.3 Å². The first-order valence-electron chi connectivity index (χ1n) is 4.93. The van der Waals surface area contributed by atoms with Crippen LogP contribution >= 0.6 is 11.3 Å². The third-order valence-corrected chi connectivity index (χ3v) is 3.01. The molecular formula is C11H13N3OS. The standard InChI is InChI=1S/C11H13N3OS/c1-8-7-16-11(14-8)13-6-9-4-3-5-12-10(9)15-2/h3-5,7H,6H2,1-2H3,(H,13,14). The fourth-order valence-corrected chi connectivity index (χ4v) is 2.04. The van der Waals surface area contributed by atoms with Crippen molar-refractivity contribution in [2.24, 2.45) is 0 Å². The summed E-state index contributed by atoms with van der Waals surface area (Å²) in [6.45, 7) is 2.65. The summed E-state index contributed by atoms with van der Waals surface area (Å²) in [4.78, 5) is 8.46. The molecule has 5 heteroatoms. The molecule has 0 aliphatic rings. The number of nitrogens with zero attached hydrogens (tertiary/aromatic N) is 2.